The van der Waals surface area contributed by atoms with Crippen molar-refractivity contribution in [3.8, 4) is 27.9 Å². The Hall–Kier alpha value is -6.94. The molecule has 0 aliphatic rings. The van der Waals surface area contributed by atoms with Gasteiger partial charge in [-0.3, -0.25) is 0 Å². The Morgan fingerprint density at radius 3 is 1.73 bits per heavy atom. The fraction of sp³-hybridized carbons (Fsp3) is 0.133. The largest absolute Gasteiger partial charge is 0.307 e. The summed E-state index contributed by atoms with van der Waals surface area (Å²) in [6, 6.07) is 72.3. The Morgan fingerprint density at radius 2 is 0.968 bits per heavy atom. The van der Waals surface area contributed by atoms with Crippen LogP contribution < -0.4 is 4.90 Å². The fourth-order valence-electron chi connectivity index (χ4n) is 9.71. The highest BCUT2D eigenvalue weighted by atomic mass is 32.1. The molecule has 2 aromatic heterocycles. The summed E-state index contributed by atoms with van der Waals surface area (Å²) >= 11 is 1.87. The van der Waals surface area contributed by atoms with E-state index in [9.17, 15) is 0 Å². The first-order valence-electron chi connectivity index (χ1n) is 22.1. The maximum Gasteiger partial charge on any atom is 0.0782 e. The standard InChI is InChI=1S/C60H50N2S/c1-59(2,3)41-36-40(37-42(38-41)60(4,5)6)44-27-16-20-39-21-17-28-47(56(39)44)45-24-10-14-31-51(45)62(52-32-19-35-55-57(52)49-26-12-15-34-54(49)63-55)53-33-18-29-48-46-25-11-13-30-50(46)61(58(48)53)43-22-8-7-9-23-43/h7-38H,1-6H3. The molecule has 0 radical (unpaired) electrons. The van der Waals surface area contributed by atoms with E-state index in [1.54, 1.807) is 0 Å². The number of hydrogen-bond donors (Lipinski definition) is 0. The molecule has 306 valence electrons. The first-order chi connectivity index (χ1) is 30.5. The minimum absolute atomic E-state index is 0.00733. The maximum atomic E-state index is 2.57. The number of hydrogen-bond acceptors (Lipinski definition) is 2. The van der Waals surface area contributed by atoms with Crippen molar-refractivity contribution >= 4 is 81.1 Å². The van der Waals surface area contributed by atoms with Crippen LogP contribution in [0.15, 0.2) is 194 Å². The Balaban J connectivity index is 1.26. The highest BCUT2D eigenvalue weighted by Crippen LogP contribution is 2.51. The van der Waals surface area contributed by atoms with Gasteiger partial charge in [-0.05, 0) is 98.0 Å². The lowest BCUT2D eigenvalue weighted by Crippen LogP contribution is -2.16. The highest BCUT2D eigenvalue weighted by Gasteiger charge is 2.27. The first kappa shape index (κ1) is 38.9. The van der Waals surface area contributed by atoms with E-state index >= 15 is 0 Å². The van der Waals surface area contributed by atoms with E-state index < -0.39 is 0 Å². The molecule has 3 heteroatoms. The van der Waals surface area contributed by atoms with E-state index in [-0.39, 0.29) is 10.8 Å². The Kier molecular flexibility index (Phi) is 9.19. The Labute approximate surface area is 374 Å². The molecule has 11 rings (SSSR count). The van der Waals surface area contributed by atoms with Crippen LogP contribution >= 0.6 is 11.3 Å². The van der Waals surface area contributed by atoms with Gasteiger partial charge < -0.3 is 9.47 Å². The van der Waals surface area contributed by atoms with Gasteiger partial charge in [-0.25, -0.2) is 0 Å². The van der Waals surface area contributed by atoms with E-state index in [2.05, 4.69) is 245 Å². The molecule has 0 N–H and O–H groups in total. The monoisotopic (exact) mass is 830 g/mol. The van der Waals surface area contributed by atoms with E-state index in [1.807, 2.05) is 11.3 Å². The number of benzene rings is 9. The number of thiophene rings is 1. The quantitative estimate of drug-likeness (QED) is 0.162. The van der Waals surface area contributed by atoms with Crippen molar-refractivity contribution in [2.75, 3.05) is 4.90 Å². The number of fused-ring (bicyclic) bond motifs is 7. The average molecular weight is 831 g/mol. The predicted molar refractivity (Wildman–Crippen MR) is 274 cm³/mol. The van der Waals surface area contributed by atoms with Gasteiger partial charge in [0.15, 0.2) is 0 Å². The molecule has 0 aliphatic carbocycles. The summed E-state index contributed by atoms with van der Waals surface area (Å²) in [6.07, 6.45) is 0. The predicted octanol–water partition coefficient (Wildman–Crippen LogP) is 17.7. The third kappa shape index (κ3) is 6.53. The van der Waals surface area contributed by atoms with Crippen LogP contribution in [0.1, 0.15) is 52.7 Å². The zero-order valence-corrected chi connectivity index (χ0v) is 37.6. The normalized spacial score (nSPS) is 12.3. The van der Waals surface area contributed by atoms with Crippen LogP contribution in [-0.2, 0) is 10.8 Å². The molecule has 11 aromatic rings. The topological polar surface area (TPSA) is 8.17 Å². The van der Waals surface area contributed by atoms with Crippen molar-refractivity contribution in [1.82, 2.24) is 4.57 Å². The number of rotatable bonds is 6. The molecule has 0 aliphatic heterocycles. The lowest BCUT2D eigenvalue weighted by Gasteiger charge is -2.30. The highest BCUT2D eigenvalue weighted by molar-refractivity contribution is 7.26. The van der Waals surface area contributed by atoms with Crippen LogP contribution in [0.2, 0.25) is 0 Å². The summed E-state index contributed by atoms with van der Waals surface area (Å²) in [5, 5.41) is 7.47. The van der Waals surface area contributed by atoms with E-state index in [1.165, 1.54) is 86.1 Å². The van der Waals surface area contributed by atoms with Gasteiger partial charge in [-0.1, -0.05) is 187 Å². The zero-order chi connectivity index (χ0) is 43.0. The van der Waals surface area contributed by atoms with Crippen molar-refractivity contribution in [3.63, 3.8) is 0 Å². The van der Waals surface area contributed by atoms with Crippen molar-refractivity contribution < 1.29 is 0 Å². The lowest BCUT2D eigenvalue weighted by atomic mass is 9.78. The zero-order valence-electron chi connectivity index (χ0n) is 36.8. The summed E-state index contributed by atoms with van der Waals surface area (Å²) in [4.78, 5) is 2.57. The fourth-order valence-corrected chi connectivity index (χ4v) is 10.8. The van der Waals surface area contributed by atoms with E-state index in [0.29, 0.717) is 0 Å². The van der Waals surface area contributed by atoms with E-state index in [0.717, 1.165) is 22.7 Å². The smallest absolute Gasteiger partial charge is 0.0782 e. The summed E-state index contributed by atoms with van der Waals surface area (Å²) in [5.74, 6) is 0. The molecule has 63 heavy (non-hydrogen) atoms. The second-order valence-electron chi connectivity index (χ2n) is 19.0. The lowest BCUT2D eigenvalue weighted by molar-refractivity contribution is 0.569. The van der Waals surface area contributed by atoms with Gasteiger partial charge in [-0.2, -0.15) is 0 Å². The van der Waals surface area contributed by atoms with Gasteiger partial charge in [0.1, 0.15) is 0 Å². The Bertz CT molecular complexity index is 3500. The van der Waals surface area contributed by atoms with Crippen LogP contribution in [0.25, 0.3) is 80.7 Å². The van der Waals surface area contributed by atoms with Crippen LogP contribution in [-0.4, -0.2) is 4.57 Å². The molecule has 2 heterocycles. The number of anilines is 3. The number of aromatic nitrogens is 1. The summed E-state index contributed by atoms with van der Waals surface area (Å²) < 4.78 is 5.02. The van der Waals surface area contributed by atoms with Gasteiger partial charge in [0.05, 0.1) is 28.1 Å². The molecule has 9 aromatic carbocycles. The van der Waals surface area contributed by atoms with E-state index in [4.69, 9.17) is 0 Å². The number of para-hydroxylation sites is 4. The molecule has 0 spiro atoms. The second-order valence-corrected chi connectivity index (χ2v) is 20.1. The molecular weight excluding hydrogens is 781 g/mol. The van der Waals surface area contributed by atoms with Gasteiger partial charge in [0.2, 0.25) is 0 Å². The SMILES string of the molecule is CC(C)(C)c1cc(-c2cccc3cccc(-c4ccccc4N(c4cccc5sc6ccccc6c45)c4cccc5c6ccccc6n(-c6ccccc6)c45)c23)cc(C(C)(C)C)c1. The molecule has 0 amide bonds. The average Bonchev–Trinajstić information content (AvgIpc) is 3.85. The molecule has 0 fully saturated rings. The minimum Gasteiger partial charge on any atom is -0.307 e. The minimum atomic E-state index is -0.00733. The Morgan fingerprint density at radius 1 is 0.413 bits per heavy atom. The number of nitrogens with zero attached hydrogens (tertiary/aromatic N) is 2. The van der Waals surface area contributed by atoms with Crippen molar-refractivity contribution in [2.45, 2.75) is 52.4 Å². The summed E-state index contributed by atoms with van der Waals surface area (Å²) in [6.45, 7) is 14.0. The molecule has 2 nitrogen and oxygen atoms in total. The van der Waals surface area contributed by atoms with Crippen LogP contribution in [0, 0.1) is 0 Å². The molecule has 0 bridgehead atoms. The molecule has 0 atom stereocenters. The van der Waals surface area contributed by atoms with Gasteiger partial charge in [0.25, 0.3) is 0 Å². The van der Waals surface area contributed by atoms with Crippen molar-refractivity contribution in [2.24, 2.45) is 0 Å². The third-order valence-corrected chi connectivity index (χ3v) is 14.0. The molecule has 0 saturated heterocycles. The summed E-state index contributed by atoms with van der Waals surface area (Å²) in [5.41, 5.74) is 14.5. The first-order valence-corrected chi connectivity index (χ1v) is 22.9. The molecule has 0 saturated carbocycles. The van der Waals surface area contributed by atoms with Crippen LogP contribution in [0.3, 0.4) is 0 Å². The molecule has 0 unspecified atom stereocenters. The van der Waals surface area contributed by atoms with Crippen LogP contribution in [0.5, 0.6) is 0 Å². The van der Waals surface area contributed by atoms with Gasteiger partial charge in [0, 0.05) is 42.2 Å². The summed E-state index contributed by atoms with van der Waals surface area (Å²) in [7, 11) is 0. The van der Waals surface area contributed by atoms with Gasteiger partial charge in [-0.15, -0.1) is 11.3 Å². The maximum absolute atomic E-state index is 2.57. The second kappa shape index (κ2) is 14.9. The van der Waals surface area contributed by atoms with Crippen molar-refractivity contribution in [3.05, 3.63) is 205 Å². The van der Waals surface area contributed by atoms with Crippen molar-refractivity contribution in [1.29, 1.82) is 0 Å². The van der Waals surface area contributed by atoms with Gasteiger partial charge >= 0.3 is 0 Å². The third-order valence-electron chi connectivity index (χ3n) is 12.9. The molecular formula is C60H50N2S. The van der Waals surface area contributed by atoms with Crippen LogP contribution in [0.4, 0.5) is 17.1 Å².